The Morgan fingerprint density at radius 1 is 1.03 bits per heavy atom. The van der Waals surface area contributed by atoms with Crippen molar-refractivity contribution in [3.8, 4) is 0 Å². The molecule has 3 N–H and O–H groups in total. The van der Waals surface area contributed by atoms with E-state index in [-0.39, 0.29) is 5.91 Å². The summed E-state index contributed by atoms with van der Waals surface area (Å²) < 4.78 is 0. The molecule has 1 fully saturated rings. The lowest BCUT2D eigenvalue weighted by Gasteiger charge is -2.33. The Bertz CT molecular complexity index is 811. The molecular formula is C25H39N5O+2. The lowest BCUT2D eigenvalue weighted by Crippen LogP contribution is -3.14. The van der Waals surface area contributed by atoms with Crippen LogP contribution in [0.3, 0.4) is 0 Å². The van der Waals surface area contributed by atoms with E-state index in [9.17, 15) is 4.79 Å². The average Bonchev–Trinajstić information content (AvgIpc) is 2.79. The van der Waals surface area contributed by atoms with E-state index in [2.05, 4.69) is 65.4 Å². The fourth-order valence-electron chi connectivity index (χ4n) is 4.14. The predicted octanol–water partition coefficient (Wildman–Crippen LogP) is 0.521. The number of nitrogens with zero attached hydrogens (tertiary/aromatic N) is 2. The average molecular weight is 426 g/mol. The van der Waals surface area contributed by atoms with Crippen molar-refractivity contribution in [2.75, 3.05) is 75.0 Å². The molecule has 1 heterocycles. The number of likely N-dealkylation sites (N-methyl/N-ethyl adjacent to an activating group) is 2. The molecule has 0 aromatic heterocycles. The van der Waals surface area contributed by atoms with Gasteiger partial charge in [0.25, 0.3) is 5.91 Å². The number of piperazine rings is 1. The second-order valence-electron chi connectivity index (χ2n) is 8.70. The van der Waals surface area contributed by atoms with Gasteiger partial charge in [-0.1, -0.05) is 12.1 Å². The molecule has 1 atom stereocenters. The quantitative estimate of drug-likeness (QED) is 0.549. The summed E-state index contributed by atoms with van der Waals surface area (Å²) >= 11 is 0. The summed E-state index contributed by atoms with van der Waals surface area (Å²) in [4.78, 5) is 20.1. The third-order valence-corrected chi connectivity index (χ3v) is 6.30. The minimum absolute atomic E-state index is 0.0645. The second-order valence-corrected chi connectivity index (χ2v) is 8.70. The van der Waals surface area contributed by atoms with Gasteiger partial charge < -0.3 is 24.9 Å². The SMILES string of the molecule is CC[NH+]1CCN(c2ccc(NC(=O)C[NH+](CC)Cc3ccc(N(C)C)cc3)cc2)CC1. The first-order valence-electron chi connectivity index (χ1n) is 11.6. The van der Waals surface area contributed by atoms with E-state index in [0.717, 1.165) is 31.9 Å². The van der Waals surface area contributed by atoms with Gasteiger partial charge in [-0.25, -0.2) is 0 Å². The number of benzene rings is 2. The molecule has 0 spiro atoms. The smallest absolute Gasteiger partial charge is 0.279 e. The van der Waals surface area contributed by atoms with Crippen molar-refractivity contribution >= 4 is 23.0 Å². The molecule has 1 aliphatic rings. The number of anilines is 3. The molecule has 0 radical (unpaired) electrons. The van der Waals surface area contributed by atoms with Gasteiger partial charge in [0.15, 0.2) is 6.54 Å². The first-order valence-corrected chi connectivity index (χ1v) is 11.6. The summed E-state index contributed by atoms with van der Waals surface area (Å²) in [6.45, 7) is 12.4. The van der Waals surface area contributed by atoms with Crippen molar-refractivity contribution in [1.29, 1.82) is 0 Å². The monoisotopic (exact) mass is 425 g/mol. The minimum Gasteiger partial charge on any atom is -0.378 e. The van der Waals surface area contributed by atoms with E-state index in [4.69, 9.17) is 0 Å². The summed E-state index contributed by atoms with van der Waals surface area (Å²) in [7, 11) is 4.09. The van der Waals surface area contributed by atoms with Crippen LogP contribution in [0.4, 0.5) is 17.1 Å². The third-order valence-electron chi connectivity index (χ3n) is 6.30. The molecule has 1 aliphatic heterocycles. The number of quaternary nitrogens is 2. The Balaban J connectivity index is 1.49. The number of nitrogens with one attached hydrogen (secondary N) is 3. The maximum Gasteiger partial charge on any atom is 0.279 e. The van der Waals surface area contributed by atoms with Gasteiger partial charge in [0, 0.05) is 36.7 Å². The van der Waals surface area contributed by atoms with E-state index in [1.54, 1.807) is 4.90 Å². The molecule has 1 unspecified atom stereocenters. The van der Waals surface area contributed by atoms with Crippen LogP contribution in [-0.2, 0) is 11.3 Å². The van der Waals surface area contributed by atoms with Crippen LogP contribution in [0.25, 0.3) is 0 Å². The van der Waals surface area contributed by atoms with Gasteiger partial charge in [0.2, 0.25) is 0 Å². The highest BCUT2D eigenvalue weighted by Crippen LogP contribution is 2.18. The minimum atomic E-state index is 0.0645. The lowest BCUT2D eigenvalue weighted by molar-refractivity contribution is -0.903. The normalized spacial score (nSPS) is 15.5. The van der Waals surface area contributed by atoms with Gasteiger partial charge in [-0.15, -0.1) is 0 Å². The van der Waals surface area contributed by atoms with Crippen molar-refractivity contribution in [3.63, 3.8) is 0 Å². The molecule has 6 nitrogen and oxygen atoms in total. The van der Waals surface area contributed by atoms with Crippen LogP contribution < -0.4 is 24.9 Å². The van der Waals surface area contributed by atoms with Gasteiger partial charge in [0.1, 0.15) is 6.54 Å². The largest absolute Gasteiger partial charge is 0.378 e. The van der Waals surface area contributed by atoms with Gasteiger partial charge in [-0.05, 0) is 50.2 Å². The zero-order chi connectivity index (χ0) is 22.2. The summed E-state index contributed by atoms with van der Waals surface area (Å²) in [5, 5.41) is 3.07. The van der Waals surface area contributed by atoms with Crippen LogP contribution in [0.5, 0.6) is 0 Å². The molecule has 1 amide bonds. The maximum atomic E-state index is 12.6. The molecule has 0 aliphatic carbocycles. The Kier molecular flexibility index (Phi) is 8.32. The molecule has 3 rings (SSSR count). The molecule has 168 valence electrons. The predicted molar refractivity (Wildman–Crippen MR) is 129 cm³/mol. The highest BCUT2D eigenvalue weighted by Gasteiger charge is 2.19. The van der Waals surface area contributed by atoms with E-state index in [1.165, 1.54) is 41.5 Å². The lowest BCUT2D eigenvalue weighted by atomic mass is 10.2. The standard InChI is InChI=1S/C25H37N5O/c1-5-28-15-17-30(18-16-28)24-13-9-22(10-14-24)26-25(31)20-29(6-2)19-21-7-11-23(12-8-21)27(3)4/h7-14H,5-6,15-20H2,1-4H3,(H,26,31)/p+2. The fraction of sp³-hybridized carbons (Fsp3) is 0.480. The number of carbonyl (C=O) groups excluding carboxylic acids is 1. The van der Waals surface area contributed by atoms with Crippen molar-refractivity contribution in [2.24, 2.45) is 0 Å². The molecule has 6 heteroatoms. The summed E-state index contributed by atoms with van der Waals surface area (Å²) in [5.41, 5.74) is 4.56. The maximum absolute atomic E-state index is 12.6. The molecule has 0 saturated carbocycles. The van der Waals surface area contributed by atoms with Crippen LogP contribution in [0.15, 0.2) is 48.5 Å². The van der Waals surface area contributed by atoms with Crippen LogP contribution in [0.2, 0.25) is 0 Å². The van der Waals surface area contributed by atoms with E-state index >= 15 is 0 Å². The van der Waals surface area contributed by atoms with E-state index in [1.807, 2.05) is 26.2 Å². The van der Waals surface area contributed by atoms with Gasteiger partial charge >= 0.3 is 0 Å². The van der Waals surface area contributed by atoms with Crippen molar-refractivity contribution in [3.05, 3.63) is 54.1 Å². The van der Waals surface area contributed by atoms with Crippen molar-refractivity contribution < 1.29 is 14.6 Å². The Morgan fingerprint density at radius 3 is 2.23 bits per heavy atom. The zero-order valence-corrected chi connectivity index (χ0v) is 19.6. The van der Waals surface area contributed by atoms with E-state index in [0.29, 0.717) is 6.54 Å². The van der Waals surface area contributed by atoms with Gasteiger partial charge in [-0.3, -0.25) is 4.79 Å². The van der Waals surface area contributed by atoms with E-state index < -0.39 is 0 Å². The zero-order valence-electron chi connectivity index (χ0n) is 19.6. The number of amides is 1. The molecule has 0 bridgehead atoms. The first-order chi connectivity index (χ1) is 15.0. The highest BCUT2D eigenvalue weighted by molar-refractivity contribution is 5.91. The van der Waals surface area contributed by atoms with Crippen molar-refractivity contribution in [2.45, 2.75) is 20.4 Å². The third kappa shape index (κ3) is 6.71. The van der Waals surface area contributed by atoms with Crippen LogP contribution in [-0.4, -0.2) is 65.8 Å². The fourth-order valence-corrected chi connectivity index (χ4v) is 4.14. The molecular weight excluding hydrogens is 386 g/mol. The number of rotatable bonds is 9. The molecule has 31 heavy (non-hydrogen) atoms. The number of carbonyl (C=O) groups is 1. The first kappa shape index (κ1) is 23.1. The van der Waals surface area contributed by atoms with Crippen LogP contribution >= 0.6 is 0 Å². The summed E-state index contributed by atoms with van der Waals surface area (Å²) in [5.74, 6) is 0.0645. The molecule has 2 aromatic carbocycles. The summed E-state index contributed by atoms with van der Waals surface area (Å²) in [6.07, 6.45) is 0. The summed E-state index contributed by atoms with van der Waals surface area (Å²) in [6, 6.07) is 16.9. The number of hydrogen-bond donors (Lipinski definition) is 3. The van der Waals surface area contributed by atoms with Crippen LogP contribution in [0, 0.1) is 0 Å². The van der Waals surface area contributed by atoms with Gasteiger partial charge in [-0.2, -0.15) is 0 Å². The Labute approximate surface area is 187 Å². The Morgan fingerprint density at radius 2 is 1.68 bits per heavy atom. The van der Waals surface area contributed by atoms with Crippen molar-refractivity contribution in [1.82, 2.24) is 0 Å². The Hall–Kier alpha value is -2.57. The molecule has 1 saturated heterocycles. The van der Waals surface area contributed by atoms with Crippen LogP contribution in [0.1, 0.15) is 19.4 Å². The number of hydrogen-bond acceptors (Lipinski definition) is 3. The second kappa shape index (κ2) is 11.2. The highest BCUT2D eigenvalue weighted by atomic mass is 16.2. The molecule has 2 aromatic rings. The topological polar surface area (TPSA) is 44.5 Å². The van der Waals surface area contributed by atoms with Gasteiger partial charge in [0.05, 0.1) is 39.3 Å².